The van der Waals surface area contributed by atoms with E-state index in [1.165, 1.54) is 19.3 Å². The minimum absolute atomic E-state index is 0.670. The number of nitrogen functional groups attached to an aromatic ring is 1. The topological polar surface area (TPSA) is 38.0 Å². The van der Waals surface area contributed by atoms with Crippen molar-refractivity contribution in [1.82, 2.24) is 0 Å². The summed E-state index contributed by atoms with van der Waals surface area (Å²) in [5.74, 6) is 2.05. The normalized spacial score (nSPS) is 33.9. The summed E-state index contributed by atoms with van der Waals surface area (Å²) >= 11 is 0. The third kappa shape index (κ3) is 1.35. The van der Waals surface area contributed by atoms with E-state index in [-0.39, 0.29) is 0 Å². The Kier molecular flexibility index (Phi) is 1.69. The van der Waals surface area contributed by atoms with Gasteiger partial charge < -0.3 is 11.1 Å². The van der Waals surface area contributed by atoms with Crippen molar-refractivity contribution < 1.29 is 0 Å². The Balaban J connectivity index is 1.69. The number of fused-ring (bicyclic) bond motifs is 1. The van der Waals surface area contributed by atoms with Crippen molar-refractivity contribution in [3.63, 3.8) is 0 Å². The maximum absolute atomic E-state index is 5.88. The van der Waals surface area contributed by atoms with E-state index in [9.17, 15) is 0 Å². The summed E-state index contributed by atoms with van der Waals surface area (Å²) in [5.41, 5.74) is 7.86. The molecule has 2 heteroatoms. The second kappa shape index (κ2) is 2.91. The van der Waals surface area contributed by atoms with Gasteiger partial charge in [-0.2, -0.15) is 0 Å². The Hall–Kier alpha value is -1.18. The highest BCUT2D eigenvalue weighted by molar-refractivity contribution is 5.66. The van der Waals surface area contributed by atoms with E-state index >= 15 is 0 Å². The van der Waals surface area contributed by atoms with Gasteiger partial charge in [0, 0.05) is 6.04 Å². The van der Waals surface area contributed by atoms with Gasteiger partial charge in [-0.3, -0.25) is 0 Å². The molecule has 3 N–H and O–H groups in total. The lowest BCUT2D eigenvalue weighted by Crippen LogP contribution is -2.17. The van der Waals surface area contributed by atoms with Crippen LogP contribution in [0.5, 0.6) is 0 Å². The first-order chi connectivity index (χ1) is 6.83. The van der Waals surface area contributed by atoms with Crippen molar-refractivity contribution in [1.29, 1.82) is 0 Å². The molecule has 0 aromatic heterocycles. The first-order valence-electron chi connectivity index (χ1n) is 5.44. The van der Waals surface area contributed by atoms with E-state index < -0.39 is 0 Å². The number of nitrogens with one attached hydrogen (secondary N) is 1. The molecular weight excluding hydrogens is 172 g/mol. The van der Waals surface area contributed by atoms with E-state index in [1.807, 2.05) is 18.2 Å². The fraction of sp³-hybridized carbons (Fsp3) is 0.500. The zero-order valence-electron chi connectivity index (χ0n) is 8.24. The lowest BCUT2D eigenvalue weighted by Gasteiger charge is -2.16. The van der Waals surface area contributed by atoms with Crippen molar-refractivity contribution >= 4 is 11.4 Å². The standard InChI is InChI=1S/C12H16N2/c13-11-3-1-2-4-12(11)14-10-6-8-5-9(8)7-10/h1-4,8-10,14H,5-7,13H2. The van der Waals surface area contributed by atoms with E-state index in [1.54, 1.807) is 0 Å². The van der Waals surface area contributed by atoms with Crippen LogP contribution in [0.1, 0.15) is 19.3 Å². The molecular formula is C12H16N2. The maximum atomic E-state index is 5.88. The Morgan fingerprint density at radius 1 is 1.07 bits per heavy atom. The Labute approximate surface area is 84.5 Å². The van der Waals surface area contributed by atoms with Gasteiger partial charge >= 0.3 is 0 Å². The number of rotatable bonds is 2. The van der Waals surface area contributed by atoms with Gasteiger partial charge in [-0.25, -0.2) is 0 Å². The van der Waals surface area contributed by atoms with Crippen molar-refractivity contribution in [2.24, 2.45) is 11.8 Å². The van der Waals surface area contributed by atoms with Crippen LogP contribution in [0.15, 0.2) is 24.3 Å². The minimum atomic E-state index is 0.670. The van der Waals surface area contributed by atoms with Gasteiger partial charge in [-0.05, 0) is 43.2 Å². The molecule has 2 aliphatic rings. The van der Waals surface area contributed by atoms with Crippen LogP contribution in [0.25, 0.3) is 0 Å². The molecule has 0 saturated heterocycles. The molecule has 14 heavy (non-hydrogen) atoms. The summed E-state index contributed by atoms with van der Waals surface area (Å²) in [5, 5.41) is 3.54. The highest BCUT2D eigenvalue weighted by atomic mass is 15.0. The monoisotopic (exact) mass is 188 g/mol. The van der Waals surface area contributed by atoms with Gasteiger partial charge in [-0.1, -0.05) is 12.1 Å². The molecule has 0 aliphatic heterocycles. The van der Waals surface area contributed by atoms with E-state index in [2.05, 4.69) is 11.4 Å². The number of anilines is 2. The number of benzene rings is 1. The number of nitrogens with two attached hydrogens (primary N) is 1. The van der Waals surface area contributed by atoms with Crippen LogP contribution in [-0.4, -0.2) is 6.04 Å². The lowest BCUT2D eigenvalue weighted by molar-refractivity contribution is 0.652. The fourth-order valence-electron chi connectivity index (χ4n) is 2.68. The Morgan fingerprint density at radius 3 is 2.50 bits per heavy atom. The molecule has 2 unspecified atom stereocenters. The molecule has 3 rings (SSSR count). The molecule has 0 bridgehead atoms. The smallest absolute Gasteiger partial charge is 0.0576 e. The molecule has 2 atom stereocenters. The zero-order valence-corrected chi connectivity index (χ0v) is 8.24. The first kappa shape index (κ1) is 8.16. The summed E-state index contributed by atoms with van der Waals surface area (Å²) in [6.07, 6.45) is 4.17. The third-order valence-electron chi connectivity index (χ3n) is 3.56. The SMILES string of the molecule is Nc1ccccc1NC1CC2CC2C1. The summed E-state index contributed by atoms with van der Waals surface area (Å²) in [7, 11) is 0. The highest BCUT2D eigenvalue weighted by Gasteiger charge is 2.45. The molecule has 0 radical (unpaired) electrons. The van der Waals surface area contributed by atoms with Gasteiger partial charge in [0.05, 0.1) is 11.4 Å². The molecule has 74 valence electrons. The van der Waals surface area contributed by atoms with Crippen LogP contribution in [0.3, 0.4) is 0 Å². The molecule has 2 nitrogen and oxygen atoms in total. The molecule has 0 amide bonds. The number of hydrogen-bond donors (Lipinski definition) is 2. The molecule has 1 aromatic rings. The van der Waals surface area contributed by atoms with Gasteiger partial charge in [0.25, 0.3) is 0 Å². The second-order valence-electron chi connectivity index (χ2n) is 4.66. The van der Waals surface area contributed by atoms with Crippen molar-refractivity contribution in [3.8, 4) is 0 Å². The summed E-state index contributed by atoms with van der Waals surface area (Å²) in [6, 6.07) is 8.71. The van der Waals surface area contributed by atoms with Crippen LogP contribution in [-0.2, 0) is 0 Å². The van der Waals surface area contributed by atoms with E-state index in [4.69, 9.17) is 5.73 Å². The minimum Gasteiger partial charge on any atom is -0.397 e. The van der Waals surface area contributed by atoms with Gasteiger partial charge in [0.2, 0.25) is 0 Å². The third-order valence-corrected chi connectivity index (χ3v) is 3.56. The first-order valence-corrected chi connectivity index (χ1v) is 5.44. The summed E-state index contributed by atoms with van der Waals surface area (Å²) < 4.78 is 0. The highest BCUT2D eigenvalue weighted by Crippen LogP contribution is 2.52. The predicted octanol–water partition coefficient (Wildman–Crippen LogP) is 2.48. The van der Waals surface area contributed by atoms with E-state index in [0.29, 0.717) is 6.04 Å². The van der Waals surface area contributed by atoms with E-state index in [0.717, 1.165) is 23.2 Å². The number of para-hydroxylation sites is 2. The quantitative estimate of drug-likeness (QED) is 0.700. The summed E-state index contributed by atoms with van der Waals surface area (Å²) in [6.45, 7) is 0. The van der Waals surface area contributed by atoms with Crippen molar-refractivity contribution in [2.75, 3.05) is 11.1 Å². The van der Waals surface area contributed by atoms with Crippen LogP contribution in [0, 0.1) is 11.8 Å². The Bertz CT molecular complexity index is 338. The fourth-order valence-corrected chi connectivity index (χ4v) is 2.68. The molecule has 2 saturated carbocycles. The van der Waals surface area contributed by atoms with Crippen molar-refractivity contribution in [2.45, 2.75) is 25.3 Å². The van der Waals surface area contributed by atoms with Gasteiger partial charge in [0.15, 0.2) is 0 Å². The average molecular weight is 188 g/mol. The van der Waals surface area contributed by atoms with Crippen LogP contribution >= 0.6 is 0 Å². The second-order valence-corrected chi connectivity index (χ2v) is 4.66. The predicted molar refractivity (Wildman–Crippen MR) is 59.1 cm³/mol. The van der Waals surface area contributed by atoms with Crippen LogP contribution in [0.2, 0.25) is 0 Å². The molecule has 1 aromatic carbocycles. The average Bonchev–Trinajstić information content (AvgIpc) is 2.79. The van der Waals surface area contributed by atoms with Gasteiger partial charge in [0.1, 0.15) is 0 Å². The zero-order chi connectivity index (χ0) is 9.54. The van der Waals surface area contributed by atoms with Crippen molar-refractivity contribution in [3.05, 3.63) is 24.3 Å². The van der Waals surface area contributed by atoms with Gasteiger partial charge in [-0.15, -0.1) is 0 Å². The summed E-state index contributed by atoms with van der Waals surface area (Å²) in [4.78, 5) is 0. The maximum Gasteiger partial charge on any atom is 0.0576 e. The lowest BCUT2D eigenvalue weighted by atomic mass is 10.1. The largest absolute Gasteiger partial charge is 0.397 e. The molecule has 0 spiro atoms. The molecule has 2 fully saturated rings. The van der Waals surface area contributed by atoms with Crippen LogP contribution in [0.4, 0.5) is 11.4 Å². The Morgan fingerprint density at radius 2 is 1.79 bits per heavy atom. The number of hydrogen-bond acceptors (Lipinski definition) is 2. The molecule has 0 heterocycles. The van der Waals surface area contributed by atoms with Crippen LogP contribution < -0.4 is 11.1 Å². The molecule has 2 aliphatic carbocycles.